The average molecular weight is 304 g/mol. The van der Waals surface area contributed by atoms with Crippen molar-refractivity contribution >= 4 is 22.7 Å². The standard InChI is InChI=1S/C16H16O6/c1-19-13-5-6-14(20-2)10-8-12(16(18)22-4)11(7-9(10)13)15(17)21-3/h5-8H,1-4H3. The van der Waals surface area contributed by atoms with Crippen LogP contribution < -0.4 is 9.47 Å². The second-order valence-electron chi connectivity index (χ2n) is 4.40. The lowest BCUT2D eigenvalue weighted by molar-refractivity contribution is 0.0555. The zero-order valence-electron chi connectivity index (χ0n) is 12.8. The highest BCUT2D eigenvalue weighted by Crippen LogP contribution is 2.35. The summed E-state index contributed by atoms with van der Waals surface area (Å²) in [5, 5.41) is 1.27. The number of benzene rings is 2. The molecule has 2 aromatic rings. The van der Waals surface area contributed by atoms with Crippen molar-refractivity contribution in [2.24, 2.45) is 0 Å². The summed E-state index contributed by atoms with van der Waals surface area (Å²) in [7, 11) is 5.54. The first-order chi connectivity index (χ1) is 10.6. The molecule has 6 heteroatoms. The lowest BCUT2D eigenvalue weighted by Gasteiger charge is -2.13. The van der Waals surface area contributed by atoms with E-state index < -0.39 is 11.9 Å². The monoisotopic (exact) mass is 304 g/mol. The third-order valence-electron chi connectivity index (χ3n) is 3.33. The summed E-state index contributed by atoms with van der Waals surface area (Å²) in [6, 6.07) is 6.52. The van der Waals surface area contributed by atoms with E-state index in [0.717, 1.165) is 0 Å². The SMILES string of the molecule is COC(=O)c1cc2c(OC)ccc(OC)c2cc1C(=O)OC. The molecule has 0 unspecified atom stereocenters. The maximum atomic E-state index is 12.0. The van der Waals surface area contributed by atoms with Crippen LogP contribution in [-0.4, -0.2) is 40.4 Å². The molecule has 0 radical (unpaired) electrons. The van der Waals surface area contributed by atoms with Gasteiger partial charge in [0.15, 0.2) is 0 Å². The van der Waals surface area contributed by atoms with Gasteiger partial charge in [0.05, 0.1) is 39.6 Å². The van der Waals surface area contributed by atoms with E-state index in [1.165, 1.54) is 40.6 Å². The predicted octanol–water partition coefficient (Wildman–Crippen LogP) is 2.43. The Morgan fingerprint density at radius 3 is 1.36 bits per heavy atom. The van der Waals surface area contributed by atoms with Gasteiger partial charge in [-0.05, 0) is 24.3 Å². The van der Waals surface area contributed by atoms with Crippen LogP contribution in [0.2, 0.25) is 0 Å². The molecule has 0 fully saturated rings. The Balaban J connectivity index is 2.87. The number of rotatable bonds is 4. The molecule has 0 saturated heterocycles. The molecule has 0 aliphatic rings. The van der Waals surface area contributed by atoms with Crippen LogP contribution in [0.4, 0.5) is 0 Å². The maximum absolute atomic E-state index is 12.0. The van der Waals surface area contributed by atoms with E-state index in [1.54, 1.807) is 12.1 Å². The number of carbonyl (C=O) groups excluding carboxylic acids is 2. The van der Waals surface area contributed by atoms with Gasteiger partial charge in [-0.1, -0.05) is 0 Å². The number of carbonyl (C=O) groups is 2. The third-order valence-corrected chi connectivity index (χ3v) is 3.33. The molecule has 0 aliphatic carbocycles. The molecule has 0 heterocycles. The zero-order chi connectivity index (χ0) is 16.3. The van der Waals surface area contributed by atoms with Crippen LogP contribution in [0.15, 0.2) is 24.3 Å². The van der Waals surface area contributed by atoms with E-state index in [2.05, 4.69) is 0 Å². The lowest BCUT2D eigenvalue weighted by Crippen LogP contribution is -2.12. The third kappa shape index (κ3) is 2.55. The summed E-state index contributed by atoms with van der Waals surface area (Å²) in [5.74, 6) is -0.158. The number of ether oxygens (including phenoxy) is 4. The number of hydrogen-bond acceptors (Lipinski definition) is 6. The Bertz CT molecular complexity index is 672. The minimum absolute atomic E-state index is 0.105. The van der Waals surface area contributed by atoms with Crippen molar-refractivity contribution in [1.82, 2.24) is 0 Å². The van der Waals surface area contributed by atoms with Gasteiger partial charge in [0.25, 0.3) is 0 Å². The highest BCUT2D eigenvalue weighted by Gasteiger charge is 2.22. The van der Waals surface area contributed by atoms with Gasteiger partial charge in [-0.2, -0.15) is 0 Å². The molecule has 0 N–H and O–H groups in total. The van der Waals surface area contributed by atoms with Gasteiger partial charge in [-0.3, -0.25) is 0 Å². The molecule has 0 amide bonds. The van der Waals surface area contributed by atoms with Gasteiger partial charge in [0, 0.05) is 10.8 Å². The van der Waals surface area contributed by atoms with Gasteiger partial charge in [0.1, 0.15) is 11.5 Å². The van der Waals surface area contributed by atoms with Crippen molar-refractivity contribution in [2.45, 2.75) is 0 Å². The normalized spacial score (nSPS) is 10.2. The Kier molecular flexibility index (Phi) is 4.50. The van der Waals surface area contributed by atoms with Crippen LogP contribution >= 0.6 is 0 Å². The molecular formula is C16H16O6. The lowest BCUT2D eigenvalue weighted by atomic mass is 9.99. The molecule has 2 rings (SSSR count). The van der Waals surface area contributed by atoms with Gasteiger partial charge >= 0.3 is 11.9 Å². The Morgan fingerprint density at radius 2 is 1.09 bits per heavy atom. The first-order valence-corrected chi connectivity index (χ1v) is 6.42. The number of methoxy groups -OCH3 is 4. The van der Waals surface area contributed by atoms with Crippen LogP contribution in [-0.2, 0) is 9.47 Å². The highest BCUT2D eigenvalue weighted by molar-refractivity contribution is 6.09. The molecule has 0 saturated carbocycles. The van der Waals surface area contributed by atoms with E-state index >= 15 is 0 Å². The van der Waals surface area contributed by atoms with Crippen LogP contribution in [0, 0.1) is 0 Å². The first-order valence-electron chi connectivity index (χ1n) is 6.42. The Hall–Kier alpha value is -2.76. The summed E-state index contributed by atoms with van der Waals surface area (Å²) >= 11 is 0. The minimum Gasteiger partial charge on any atom is -0.496 e. The average Bonchev–Trinajstić information content (AvgIpc) is 2.57. The fourth-order valence-electron chi connectivity index (χ4n) is 2.25. The van der Waals surface area contributed by atoms with Crippen molar-refractivity contribution in [3.8, 4) is 11.5 Å². The summed E-state index contributed by atoms with van der Waals surface area (Å²) in [6.07, 6.45) is 0. The molecule has 0 bridgehead atoms. The van der Waals surface area contributed by atoms with Crippen LogP contribution in [0.5, 0.6) is 11.5 Å². The Labute approximate surface area is 127 Å². The van der Waals surface area contributed by atoms with Gasteiger partial charge in [-0.25, -0.2) is 9.59 Å². The van der Waals surface area contributed by atoms with Crippen molar-refractivity contribution in [1.29, 1.82) is 0 Å². The first kappa shape index (κ1) is 15.6. The fraction of sp³-hybridized carbons (Fsp3) is 0.250. The van der Waals surface area contributed by atoms with Crippen LogP contribution in [0.3, 0.4) is 0 Å². The molecule has 0 aliphatic heterocycles. The van der Waals surface area contributed by atoms with Crippen LogP contribution in [0.1, 0.15) is 20.7 Å². The van der Waals surface area contributed by atoms with Gasteiger partial charge in [-0.15, -0.1) is 0 Å². The summed E-state index contributed by atoms with van der Waals surface area (Å²) in [5.41, 5.74) is 0.210. The van der Waals surface area contributed by atoms with Crippen molar-refractivity contribution < 1.29 is 28.5 Å². The van der Waals surface area contributed by atoms with E-state index in [-0.39, 0.29) is 11.1 Å². The molecule has 2 aromatic carbocycles. The van der Waals surface area contributed by atoms with Gasteiger partial charge < -0.3 is 18.9 Å². The summed E-state index contributed by atoms with van der Waals surface area (Å²) < 4.78 is 20.1. The number of fused-ring (bicyclic) bond motifs is 1. The smallest absolute Gasteiger partial charge is 0.338 e. The molecule has 0 atom stereocenters. The second kappa shape index (κ2) is 6.34. The summed E-state index contributed by atoms with van der Waals surface area (Å²) in [4.78, 5) is 23.9. The van der Waals surface area contributed by atoms with Crippen LogP contribution in [0.25, 0.3) is 10.8 Å². The largest absolute Gasteiger partial charge is 0.496 e. The zero-order valence-corrected chi connectivity index (χ0v) is 12.8. The van der Waals surface area contributed by atoms with E-state index in [1.807, 2.05) is 0 Å². The maximum Gasteiger partial charge on any atom is 0.338 e. The molecule has 0 spiro atoms. The number of hydrogen-bond donors (Lipinski definition) is 0. The minimum atomic E-state index is -0.632. The molecule has 0 aromatic heterocycles. The molecule has 22 heavy (non-hydrogen) atoms. The van der Waals surface area contributed by atoms with Crippen molar-refractivity contribution in [3.63, 3.8) is 0 Å². The fourth-order valence-corrected chi connectivity index (χ4v) is 2.25. The van der Waals surface area contributed by atoms with E-state index in [4.69, 9.17) is 18.9 Å². The predicted molar refractivity (Wildman–Crippen MR) is 79.7 cm³/mol. The van der Waals surface area contributed by atoms with E-state index in [0.29, 0.717) is 22.3 Å². The topological polar surface area (TPSA) is 71.1 Å². The van der Waals surface area contributed by atoms with E-state index in [9.17, 15) is 9.59 Å². The Morgan fingerprint density at radius 1 is 0.727 bits per heavy atom. The van der Waals surface area contributed by atoms with Crippen molar-refractivity contribution in [3.05, 3.63) is 35.4 Å². The molecule has 116 valence electrons. The quantitative estimate of drug-likeness (QED) is 0.808. The highest BCUT2D eigenvalue weighted by atomic mass is 16.5. The van der Waals surface area contributed by atoms with Gasteiger partial charge in [0.2, 0.25) is 0 Å². The number of esters is 2. The molecular weight excluding hydrogens is 288 g/mol. The molecule has 6 nitrogen and oxygen atoms in total. The summed E-state index contributed by atoms with van der Waals surface area (Å²) in [6.45, 7) is 0. The second-order valence-corrected chi connectivity index (χ2v) is 4.40. The van der Waals surface area contributed by atoms with Crippen molar-refractivity contribution in [2.75, 3.05) is 28.4 Å².